The number of nitrogens with zero attached hydrogens (tertiary/aromatic N) is 1. The Hall–Kier alpha value is -0.230. The van der Waals surface area contributed by atoms with Crippen LogP contribution >= 0.6 is 7.60 Å². The molecule has 0 aromatic heterocycles. The molecule has 0 fully saturated rings. The molecule has 0 N–H and O–H groups in total. The van der Waals surface area contributed by atoms with Gasteiger partial charge >= 0.3 is 0 Å². The van der Waals surface area contributed by atoms with Crippen LogP contribution in [0.3, 0.4) is 0 Å². The fourth-order valence-electron chi connectivity index (χ4n) is 4.67. The molecule has 0 aliphatic carbocycles. The third-order valence-electron chi connectivity index (χ3n) is 7.00. The molecule has 0 aromatic rings. The Kier molecular flexibility index (Phi) is 23.5. The summed E-state index contributed by atoms with van der Waals surface area (Å²) in [5.74, 6) is -0.570. The summed E-state index contributed by atoms with van der Waals surface area (Å²) in [5, 5.41) is 0. The number of ether oxygens (including phenoxy) is 2. The van der Waals surface area contributed by atoms with E-state index in [1.807, 2.05) is 28.1 Å². The second-order valence-corrected chi connectivity index (χ2v) is 13.4. The van der Waals surface area contributed by atoms with Crippen LogP contribution in [-0.4, -0.2) is 64.4 Å². The Morgan fingerprint density at radius 1 is 0.757 bits per heavy atom. The van der Waals surface area contributed by atoms with Gasteiger partial charge in [0.1, 0.15) is 6.10 Å². The molecular formula is C30H62NO5P. The monoisotopic (exact) mass is 547 g/mol. The summed E-state index contributed by atoms with van der Waals surface area (Å²) in [4.78, 5) is 12.6. The van der Waals surface area contributed by atoms with Gasteiger partial charge in [0, 0.05) is 20.1 Å². The third kappa shape index (κ3) is 21.3. The van der Waals surface area contributed by atoms with Crippen LogP contribution in [0.15, 0.2) is 12.2 Å². The van der Waals surface area contributed by atoms with Gasteiger partial charge in [-0.2, -0.15) is 0 Å². The zero-order valence-corrected chi connectivity index (χ0v) is 26.3. The molecule has 7 heteroatoms. The molecule has 6 nitrogen and oxygen atoms in total. The Morgan fingerprint density at radius 2 is 1.24 bits per heavy atom. The van der Waals surface area contributed by atoms with E-state index < -0.39 is 13.4 Å². The summed E-state index contributed by atoms with van der Waals surface area (Å²) in [5.41, 5.74) is 0. The van der Waals surface area contributed by atoms with E-state index >= 15 is 0 Å². The second kappa shape index (κ2) is 23.6. The molecule has 0 aromatic carbocycles. The minimum atomic E-state index is -3.99. The molecule has 2 unspecified atom stereocenters. The highest BCUT2D eigenvalue weighted by Crippen LogP contribution is 2.47. The molecule has 0 heterocycles. The van der Waals surface area contributed by atoms with Crippen molar-refractivity contribution in [3.8, 4) is 0 Å². The van der Waals surface area contributed by atoms with E-state index in [1.54, 1.807) is 7.11 Å². The van der Waals surface area contributed by atoms with Crippen LogP contribution in [0.25, 0.3) is 0 Å². The first-order chi connectivity index (χ1) is 17.7. The Balaban J connectivity index is 3.64. The first-order valence-corrected chi connectivity index (χ1v) is 16.8. The van der Waals surface area contributed by atoms with E-state index in [0.717, 1.165) is 19.3 Å². The van der Waals surface area contributed by atoms with Gasteiger partial charge in [-0.15, -0.1) is 0 Å². The normalized spacial score (nSPS) is 15.8. The highest BCUT2D eigenvalue weighted by Gasteiger charge is 2.34. The van der Waals surface area contributed by atoms with Gasteiger partial charge in [-0.25, -0.2) is 0 Å². The lowest BCUT2D eigenvalue weighted by atomic mass is 10.1. The van der Waals surface area contributed by atoms with Crippen molar-refractivity contribution in [1.82, 2.24) is 0 Å². The van der Waals surface area contributed by atoms with Gasteiger partial charge in [0.05, 0.1) is 34.4 Å². The smallest absolute Gasteiger partial charge is 0.193 e. The minimum Gasteiger partial charge on any atom is -0.774 e. The van der Waals surface area contributed by atoms with E-state index in [2.05, 4.69) is 19.1 Å². The largest absolute Gasteiger partial charge is 0.774 e. The van der Waals surface area contributed by atoms with Crippen molar-refractivity contribution in [3.63, 3.8) is 0 Å². The number of unbranched alkanes of at least 4 members (excludes halogenated alkanes) is 14. The van der Waals surface area contributed by atoms with Crippen LogP contribution in [0, 0.1) is 0 Å². The van der Waals surface area contributed by atoms with Gasteiger partial charge < -0.3 is 27.9 Å². The molecule has 0 spiro atoms. The summed E-state index contributed by atoms with van der Waals surface area (Å²) in [6, 6.07) is 0. The number of rotatable bonds is 27. The maximum absolute atomic E-state index is 12.6. The molecule has 0 aliphatic heterocycles. The number of hydrogen-bond acceptors (Lipinski definition) is 5. The predicted octanol–water partition coefficient (Wildman–Crippen LogP) is 7.85. The first-order valence-electron chi connectivity index (χ1n) is 15.2. The van der Waals surface area contributed by atoms with Crippen LogP contribution in [0.2, 0.25) is 0 Å². The Bertz CT molecular complexity index is 579. The molecule has 0 amide bonds. The minimum absolute atomic E-state index is 0.00228. The lowest BCUT2D eigenvalue weighted by Crippen LogP contribution is -2.47. The second-order valence-electron chi connectivity index (χ2n) is 11.4. The zero-order valence-electron chi connectivity index (χ0n) is 25.4. The van der Waals surface area contributed by atoms with E-state index in [-0.39, 0.29) is 12.7 Å². The average Bonchev–Trinajstić information content (AvgIpc) is 2.84. The lowest BCUT2D eigenvalue weighted by Gasteiger charge is -2.41. The first kappa shape index (κ1) is 36.8. The van der Waals surface area contributed by atoms with Crippen LogP contribution in [0.4, 0.5) is 0 Å². The van der Waals surface area contributed by atoms with Gasteiger partial charge in [-0.05, 0) is 32.1 Å². The number of quaternary nitrogens is 1. The van der Waals surface area contributed by atoms with Crippen molar-refractivity contribution in [2.45, 2.75) is 135 Å². The molecular weight excluding hydrogens is 485 g/mol. The van der Waals surface area contributed by atoms with E-state index in [1.165, 1.54) is 83.5 Å². The van der Waals surface area contributed by atoms with E-state index in [9.17, 15) is 9.46 Å². The molecule has 222 valence electrons. The summed E-state index contributed by atoms with van der Waals surface area (Å²) < 4.78 is 29.3. The highest BCUT2D eigenvalue weighted by molar-refractivity contribution is 7.51. The van der Waals surface area contributed by atoms with Gasteiger partial charge in [-0.1, -0.05) is 96.6 Å². The van der Waals surface area contributed by atoms with Crippen molar-refractivity contribution in [1.29, 1.82) is 0 Å². The van der Waals surface area contributed by atoms with Gasteiger partial charge in [0.2, 0.25) is 0 Å². The van der Waals surface area contributed by atoms with Gasteiger partial charge in [0.15, 0.2) is 13.4 Å². The molecule has 0 bridgehead atoms. The standard InChI is InChI=1S/C30H62NO5P/c1-7-9-10-11-12-13-14-15-16-17-18-19-20-21-22-23-24-25-26-35-27-29(34-6)28-36-37(32,33)30(8-2)31(3,4)5/h20-21,29-30H,7-19,22-28H2,1-6H3/b21-20-/t29-,30?/m1/s1. The van der Waals surface area contributed by atoms with Crippen molar-refractivity contribution < 1.29 is 27.9 Å². The maximum atomic E-state index is 12.6. The summed E-state index contributed by atoms with van der Waals surface area (Å²) >= 11 is 0. The average molecular weight is 548 g/mol. The van der Waals surface area contributed by atoms with Crippen molar-refractivity contribution in [3.05, 3.63) is 12.2 Å². The van der Waals surface area contributed by atoms with E-state index in [4.69, 9.17) is 14.0 Å². The number of allylic oxidation sites excluding steroid dienone is 2. The van der Waals surface area contributed by atoms with E-state index in [0.29, 0.717) is 24.1 Å². The quantitative estimate of drug-likeness (QED) is 0.0453. The van der Waals surface area contributed by atoms with Crippen molar-refractivity contribution in [2.24, 2.45) is 0 Å². The molecule has 0 rings (SSSR count). The molecule has 0 saturated carbocycles. The summed E-state index contributed by atoms with van der Waals surface area (Å²) in [6.07, 6.45) is 25.8. The Morgan fingerprint density at radius 3 is 1.70 bits per heavy atom. The molecule has 0 saturated heterocycles. The topological polar surface area (TPSA) is 67.8 Å². The maximum Gasteiger partial charge on any atom is 0.193 e. The fraction of sp³-hybridized carbons (Fsp3) is 0.933. The van der Waals surface area contributed by atoms with Crippen LogP contribution in [0.5, 0.6) is 0 Å². The van der Waals surface area contributed by atoms with Crippen LogP contribution < -0.4 is 4.89 Å². The van der Waals surface area contributed by atoms with Crippen molar-refractivity contribution in [2.75, 3.05) is 48.1 Å². The zero-order chi connectivity index (χ0) is 27.8. The lowest BCUT2D eigenvalue weighted by molar-refractivity contribution is -0.884. The van der Waals surface area contributed by atoms with Crippen LogP contribution in [-0.2, 0) is 18.6 Å². The SMILES string of the molecule is CCCCCCCCCCCCC/C=C\CCCCCOC[C@H](COP(=O)([O-])C(CC)[N+](C)(C)C)OC. The molecule has 0 aliphatic rings. The number of hydrogen-bond donors (Lipinski definition) is 0. The van der Waals surface area contributed by atoms with Gasteiger partial charge in [0.25, 0.3) is 0 Å². The van der Waals surface area contributed by atoms with Crippen molar-refractivity contribution >= 4 is 7.60 Å². The van der Waals surface area contributed by atoms with Gasteiger partial charge in [-0.3, -0.25) is 0 Å². The molecule has 0 radical (unpaired) electrons. The van der Waals surface area contributed by atoms with Crippen LogP contribution in [0.1, 0.15) is 123 Å². The summed E-state index contributed by atoms with van der Waals surface area (Å²) in [7, 11) is 3.18. The highest BCUT2D eigenvalue weighted by atomic mass is 31.2. The number of methoxy groups -OCH3 is 1. The third-order valence-corrected chi connectivity index (χ3v) is 9.30. The fourth-order valence-corrected chi connectivity index (χ4v) is 6.51. The molecule has 37 heavy (non-hydrogen) atoms. The summed E-state index contributed by atoms with van der Waals surface area (Å²) in [6.45, 7) is 5.15. The predicted molar refractivity (Wildman–Crippen MR) is 156 cm³/mol. The Labute approximate surface area is 230 Å². The molecule has 3 atom stereocenters.